The predicted octanol–water partition coefficient (Wildman–Crippen LogP) is 5.26. The maximum absolute atomic E-state index is 5.91. The van der Waals surface area contributed by atoms with Crippen LogP contribution in [-0.4, -0.2) is 54.2 Å². The molecule has 2 aromatic rings. The lowest BCUT2D eigenvalue weighted by atomic mass is 10.0. The van der Waals surface area contributed by atoms with Gasteiger partial charge in [-0.15, -0.1) is 0 Å². The van der Waals surface area contributed by atoms with E-state index in [0.717, 1.165) is 62.1 Å². The van der Waals surface area contributed by atoms with Crippen LogP contribution in [0.15, 0.2) is 48.5 Å². The predicted molar refractivity (Wildman–Crippen MR) is 131 cm³/mol. The molecule has 0 radical (unpaired) electrons. The Labute approximate surface area is 187 Å². The van der Waals surface area contributed by atoms with Gasteiger partial charge in [0.25, 0.3) is 0 Å². The highest BCUT2D eigenvalue weighted by molar-refractivity contribution is 7.80. The highest BCUT2D eigenvalue weighted by Crippen LogP contribution is 2.19. The summed E-state index contributed by atoms with van der Waals surface area (Å²) in [6.45, 7) is 8.49. The highest BCUT2D eigenvalue weighted by Gasteiger charge is 2.23. The van der Waals surface area contributed by atoms with Crippen LogP contribution in [0, 0.1) is 13.8 Å². The average Bonchev–Trinajstić information content (AvgIpc) is 2.76. The van der Waals surface area contributed by atoms with Gasteiger partial charge in [0.1, 0.15) is 5.75 Å². The maximum Gasteiger partial charge on any atom is 0.173 e. The minimum atomic E-state index is 0.512. The van der Waals surface area contributed by atoms with E-state index in [1.54, 1.807) is 0 Å². The molecule has 1 N–H and O–H groups in total. The first-order valence-electron chi connectivity index (χ1n) is 11.0. The van der Waals surface area contributed by atoms with Crippen molar-refractivity contribution < 1.29 is 4.74 Å². The van der Waals surface area contributed by atoms with E-state index in [-0.39, 0.29) is 0 Å². The SMILES string of the molecule is Cc1ccc(OCCCCN2CCC(N(C)C(=S)Nc3ccccc3)CC2)cc1C. The zero-order chi connectivity index (χ0) is 21.3. The van der Waals surface area contributed by atoms with Crippen LogP contribution in [0.2, 0.25) is 0 Å². The Morgan fingerprint density at radius 2 is 1.80 bits per heavy atom. The second kappa shape index (κ2) is 11.3. The lowest BCUT2D eigenvalue weighted by molar-refractivity contribution is 0.161. The molecule has 1 aliphatic heterocycles. The molecule has 1 fully saturated rings. The summed E-state index contributed by atoms with van der Waals surface area (Å²) in [5, 5.41) is 4.16. The molecule has 1 saturated heterocycles. The topological polar surface area (TPSA) is 27.7 Å². The number of unbranched alkanes of at least 4 members (excludes halogenated alkanes) is 1. The zero-order valence-electron chi connectivity index (χ0n) is 18.6. The zero-order valence-corrected chi connectivity index (χ0v) is 19.4. The number of aryl methyl sites for hydroxylation is 2. The van der Waals surface area contributed by atoms with Crippen LogP contribution in [0.4, 0.5) is 5.69 Å². The van der Waals surface area contributed by atoms with E-state index >= 15 is 0 Å². The Bertz CT molecular complexity index is 803. The van der Waals surface area contributed by atoms with Crippen LogP contribution in [0.25, 0.3) is 0 Å². The fraction of sp³-hybridized carbons (Fsp3) is 0.480. The molecule has 2 aromatic carbocycles. The second-order valence-electron chi connectivity index (χ2n) is 8.28. The number of nitrogens with one attached hydrogen (secondary N) is 1. The molecular formula is C25H35N3OS. The molecular weight excluding hydrogens is 390 g/mol. The van der Waals surface area contributed by atoms with Crippen LogP contribution in [-0.2, 0) is 0 Å². The number of hydrogen-bond donors (Lipinski definition) is 1. The average molecular weight is 426 g/mol. The molecule has 4 nitrogen and oxygen atoms in total. The molecule has 1 aliphatic rings. The largest absolute Gasteiger partial charge is 0.494 e. The van der Waals surface area contributed by atoms with Gasteiger partial charge in [-0.2, -0.15) is 0 Å². The number of nitrogens with zero attached hydrogens (tertiary/aromatic N) is 2. The Hall–Kier alpha value is -2.11. The van der Waals surface area contributed by atoms with Crippen LogP contribution in [0.5, 0.6) is 5.75 Å². The van der Waals surface area contributed by atoms with Crippen LogP contribution < -0.4 is 10.1 Å². The first-order chi connectivity index (χ1) is 14.5. The van der Waals surface area contributed by atoms with Gasteiger partial charge in [-0.1, -0.05) is 24.3 Å². The molecule has 0 aliphatic carbocycles. The summed E-state index contributed by atoms with van der Waals surface area (Å²) in [4.78, 5) is 4.81. The summed E-state index contributed by atoms with van der Waals surface area (Å²) in [6.07, 6.45) is 4.59. The molecule has 1 heterocycles. The Kier molecular flexibility index (Phi) is 8.52. The fourth-order valence-corrected chi connectivity index (χ4v) is 4.13. The fourth-order valence-electron chi connectivity index (χ4n) is 3.86. The molecule has 0 atom stereocenters. The van der Waals surface area contributed by atoms with Crippen molar-refractivity contribution in [2.24, 2.45) is 0 Å². The van der Waals surface area contributed by atoms with Crippen molar-refractivity contribution in [1.29, 1.82) is 0 Å². The minimum absolute atomic E-state index is 0.512. The van der Waals surface area contributed by atoms with Crippen molar-refractivity contribution in [2.75, 3.05) is 38.6 Å². The number of ether oxygens (including phenoxy) is 1. The van der Waals surface area contributed by atoms with Gasteiger partial charge in [-0.05, 0) is 93.7 Å². The van der Waals surface area contributed by atoms with E-state index in [2.05, 4.69) is 54.2 Å². The summed E-state index contributed by atoms with van der Waals surface area (Å²) < 4.78 is 5.91. The summed E-state index contributed by atoms with van der Waals surface area (Å²) >= 11 is 5.61. The number of rotatable bonds is 8. The Morgan fingerprint density at radius 3 is 2.50 bits per heavy atom. The van der Waals surface area contributed by atoms with Crippen molar-refractivity contribution in [3.63, 3.8) is 0 Å². The molecule has 0 spiro atoms. The summed E-state index contributed by atoms with van der Waals surface area (Å²) in [6, 6.07) is 17.0. The van der Waals surface area contributed by atoms with Gasteiger partial charge in [0.05, 0.1) is 6.61 Å². The second-order valence-corrected chi connectivity index (χ2v) is 8.67. The van der Waals surface area contributed by atoms with E-state index in [4.69, 9.17) is 17.0 Å². The summed E-state index contributed by atoms with van der Waals surface area (Å²) in [5.41, 5.74) is 3.65. The van der Waals surface area contributed by atoms with Gasteiger partial charge in [0.2, 0.25) is 0 Å². The van der Waals surface area contributed by atoms with Gasteiger partial charge < -0.3 is 19.9 Å². The quantitative estimate of drug-likeness (QED) is 0.460. The molecule has 0 aromatic heterocycles. The number of anilines is 1. The lowest BCUT2D eigenvalue weighted by Gasteiger charge is -2.38. The molecule has 0 bridgehead atoms. The third-order valence-corrected chi connectivity index (χ3v) is 6.46. The molecule has 0 amide bonds. The number of thiocarbonyl (C=S) groups is 1. The summed E-state index contributed by atoms with van der Waals surface area (Å²) in [5.74, 6) is 0.988. The Balaban J connectivity index is 1.30. The van der Waals surface area contributed by atoms with Crippen LogP contribution in [0.3, 0.4) is 0 Å². The number of hydrogen-bond acceptors (Lipinski definition) is 3. The lowest BCUT2D eigenvalue weighted by Crippen LogP contribution is -2.47. The third kappa shape index (κ3) is 6.71. The van der Waals surface area contributed by atoms with Gasteiger partial charge in [-0.3, -0.25) is 0 Å². The van der Waals surface area contributed by atoms with Crippen LogP contribution >= 0.6 is 12.2 Å². The first kappa shape index (κ1) is 22.6. The van der Waals surface area contributed by atoms with Crippen LogP contribution in [0.1, 0.15) is 36.8 Å². The van der Waals surface area contributed by atoms with Crippen molar-refractivity contribution in [3.8, 4) is 5.75 Å². The molecule has 5 heteroatoms. The highest BCUT2D eigenvalue weighted by atomic mass is 32.1. The van der Waals surface area contributed by atoms with E-state index in [0.29, 0.717) is 6.04 Å². The normalized spacial score (nSPS) is 15.0. The van der Waals surface area contributed by atoms with Crippen molar-refractivity contribution in [1.82, 2.24) is 9.80 Å². The molecule has 0 unspecified atom stereocenters. The van der Waals surface area contributed by atoms with E-state index in [1.807, 2.05) is 30.3 Å². The van der Waals surface area contributed by atoms with Crippen molar-refractivity contribution >= 4 is 23.0 Å². The summed E-state index contributed by atoms with van der Waals surface area (Å²) in [7, 11) is 2.11. The number of piperidine rings is 1. The first-order valence-corrected chi connectivity index (χ1v) is 11.4. The van der Waals surface area contributed by atoms with Gasteiger partial charge >= 0.3 is 0 Å². The van der Waals surface area contributed by atoms with E-state index < -0.39 is 0 Å². The molecule has 0 saturated carbocycles. The third-order valence-electron chi connectivity index (χ3n) is 6.07. The standard InChI is InChI=1S/C25H35N3OS/c1-20-11-12-24(19-21(20)2)29-18-8-7-15-28-16-13-23(14-17-28)27(3)25(30)26-22-9-5-4-6-10-22/h4-6,9-12,19,23H,7-8,13-18H2,1-3H3,(H,26,30). The van der Waals surface area contributed by atoms with Crippen molar-refractivity contribution in [2.45, 2.75) is 45.6 Å². The number of benzene rings is 2. The maximum atomic E-state index is 5.91. The monoisotopic (exact) mass is 425 g/mol. The molecule has 162 valence electrons. The van der Waals surface area contributed by atoms with Gasteiger partial charge in [-0.25, -0.2) is 0 Å². The van der Waals surface area contributed by atoms with Gasteiger partial charge in [0, 0.05) is 31.9 Å². The number of likely N-dealkylation sites (tertiary alicyclic amines) is 1. The van der Waals surface area contributed by atoms with E-state index in [1.165, 1.54) is 17.5 Å². The molecule has 30 heavy (non-hydrogen) atoms. The van der Waals surface area contributed by atoms with Crippen molar-refractivity contribution in [3.05, 3.63) is 59.7 Å². The van der Waals surface area contributed by atoms with E-state index in [9.17, 15) is 0 Å². The molecule has 3 rings (SSSR count). The van der Waals surface area contributed by atoms with Gasteiger partial charge in [0.15, 0.2) is 5.11 Å². The number of para-hydroxylation sites is 1. The Morgan fingerprint density at radius 1 is 1.07 bits per heavy atom. The smallest absolute Gasteiger partial charge is 0.173 e. The minimum Gasteiger partial charge on any atom is -0.494 e.